The number of ether oxygens (including phenoxy) is 1. The van der Waals surface area contributed by atoms with Crippen molar-refractivity contribution in [2.75, 3.05) is 39.9 Å². The fourth-order valence-electron chi connectivity index (χ4n) is 3.42. The van der Waals surface area contributed by atoms with E-state index >= 15 is 0 Å². The van der Waals surface area contributed by atoms with Gasteiger partial charge in [-0.25, -0.2) is 0 Å². The predicted octanol–water partition coefficient (Wildman–Crippen LogP) is 3.02. The highest BCUT2D eigenvalue weighted by atomic mass is 16.5. The van der Waals surface area contributed by atoms with Gasteiger partial charge in [0.05, 0.1) is 6.54 Å². The summed E-state index contributed by atoms with van der Waals surface area (Å²) in [5, 5.41) is 6.83. The van der Waals surface area contributed by atoms with Crippen LogP contribution >= 0.6 is 0 Å². The number of nitrogens with zero attached hydrogens (tertiary/aromatic N) is 2. The van der Waals surface area contributed by atoms with Crippen molar-refractivity contribution in [3.8, 4) is 0 Å². The van der Waals surface area contributed by atoms with Crippen LogP contribution in [0.1, 0.15) is 44.6 Å². The zero-order valence-electron chi connectivity index (χ0n) is 16.5. The van der Waals surface area contributed by atoms with E-state index in [9.17, 15) is 0 Å². The van der Waals surface area contributed by atoms with E-state index in [-0.39, 0.29) is 0 Å². The minimum absolute atomic E-state index is 0.548. The summed E-state index contributed by atoms with van der Waals surface area (Å²) in [7, 11) is 1.76. The highest BCUT2D eigenvalue weighted by Crippen LogP contribution is 2.20. The number of aliphatic imine (C=N–C) groups is 1. The number of benzene rings is 1. The van der Waals surface area contributed by atoms with Crippen LogP contribution in [0.15, 0.2) is 35.3 Å². The quantitative estimate of drug-likeness (QED) is 0.362. The summed E-state index contributed by atoms with van der Waals surface area (Å²) in [4.78, 5) is 7.43. The minimum Gasteiger partial charge on any atom is -0.385 e. The van der Waals surface area contributed by atoms with Gasteiger partial charge in [-0.2, -0.15) is 0 Å². The van der Waals surface area contributed by atoms with Gasteiger partial charge in [-0.05, 0) is 51.1 Å². The second-order valence-corrected chi connectivity index (χ2v) is 6.95. The highest BCUT2D eigenvalue weighted by molar-refractivity contribution is 5.79. The molecule has 26 heavy (non-hydrogen) atoms. The first-order valence-corrected chi connectivity index (χ1v) is 10.1. The van der Waals surface area contributed by atoms with Crippen molar-refractivity contribution < 1.29 is 4.74 Å². The van der Waals surface area contributed by atoms with E-state index in [2.05, 4.69) is 52.8 Å². The third kappa shape index (κ3) is 7.75. The van der Waals surface area contributed by atoms with Crippen LogP contribution < -0.4 is 10.6 Å². The molecule has 0 radical (unpaired) electrons. The lowest BCUT2D eigenvalue weighted by atomic mass is 10.2. The maximum atomic E-state index is 5.10. The molecule has 1 aromatic rings. The molecule has 0 aliphatic carbocycles. The summed E-state index contributed by atoms with van der Waals surface area (Å²) >= 11 is 0. The molecular formula is C21H36N4O. The SMILES string of the molecule is CCNC(=NCC1CCCN1Cc1ccccc1)NCCCCCOC. The molecule has 0 saturated carbocycles. The number of likely N-dealkylation sites (tertiary alicyclic amines) is 1. The number of rotatable bonds is 11. The largest absolute Gasteiger partial charge is 0.385 e. The average molecular weight is 361 g/mol. The van der Waals surface area contributed by atoms with Crippen molar-refractivity contribution in [1.82, 2.24) is 15.5 Å². The van der Waals surface area contributed by atoms with Gasteiger partial charge in [0.15, 0.2) is 5.96 Å². The standard InChI is InChI=1S/C21H36N4O/c1-3-22-21(23-14-8-5-9-16-26-2)24-17-20-13-10-15-25(20)18-19-11-6-4-7-12-19/h4,6-7,11-12,20H,3,5,8-10,13-18H2,1-2H3,(H2,22,23,24). The van der Waals surface area contributed by atoms with Gasteiger partial charge in [-0.15, -0.1) is 0 Å². The van der Waals surface area contributed by atoms with E-state index in [1.165, 1.54) is 31.4 Å². The molecule has 5 heteroatoms. The van der Waals surface area contributed by atoms with Crippen LogP contribution in [-0.2, 0) is 11.3 Å². The number of hydrogen-bond donors (Lipinski definition) is 2. The van der Waals surface area contributed by atoms with Crippen LogP contribution in [0.2, 0.25) is 0 Å². The molecule has 0 amide bonds. The van der Waals surface area contributed by atoms with Gasteiger partial charge < -0.3 is 15.4 Å². The lowest BCUT2D eigenvalue weighted by molar-refractivity contribution is 0.192. The molecule has 1 aliphatic rings. The molecule has 1 unspecified atom stereocenters. The van der Waals surface area contributed by atoms with Gasteiger partial charge in [0.25, 0.3) is 0 Å². The highest BCUT2D eigenvalue weighted by Gasteiger charge is 2.24. The Hall–Kier alpha value is -1.59. The second kappa shape index (κ2) is 12.7. The van der Waals surface area contributed by atoms with Crippen molar-refractivity contribution >= 4 is 5.96 Å². The average Bonchev–Trinajstić information content (AvgIpc) is 3.10. The van der Waals surface area contributed by atoms with Crippen LogP contribution in [0.3, 0.4) is 0 Å². The minimum atomic E-state index is 0.548. The van der Waals surface area contributed by atoms with E-state index in [0.29, 0.717) is 6.04 Å². The fourth-order valence-corrected chi connectivity index (χ4v) is 3.42. The van der Waals surface area contributed by atoms with Crippen molar-refractivity contribution in [3.63, 3.8) is 0 Å². The number of unbranched alkanes of at least 4 members (excludes halogenated alkanes) is 2. The normalized spacial score (nSPS) is 18.2. The second-order valence-electron chi connectivity index (χ2n) is 6.95. The lowest BCUT2D eigenvalue weighted by Gasteiger charge is -2.23. The molecule has 1 atom stereocenters. The van der Waals surface area contributed by atoms with Gasteiger partial charge in [-0.3, -0.25) is 9.89 Å². The third-order valence-electron chi connectivity index (χ3n) is 4.85. The van der Waals surface area contributed by atoms with Crippen molar-refractivity contribution in [2.24, 2.45) is 4.99 Å². The first kappa shape index (κ1) is 20.7. The van der Waals surface area contributed by atoms with Crippen molar-refractivity contribution in [2.45, 2.75) is 51.6 Å². The first-order valence-electron chi connectivity index (χ1n) is 10.1. The molecular weight excluding hydrogens is 324 g/mol. The van der Waals surface area contributed by atoms with Gasteiger partial charge in [0.2, 0.25) is 0 Å². The summed E-state index contributed by atoms with van der Waals surface area (Å²) in [6.07, 6.45) is 5.98. The summed E-state index contributed by atoms with van der Waals surface area (Å²) < 4.78 is 5.10. The van der Waals surface area contributed by atoms with Gasteiger partial charge >= 0.3 is 0 Å². The number of methoxy groups -OCH3 is 1. The van der Waals surface area contributed by atoms with E-state index in [1.54, 1.807) is 7.11 Å². The van der Waals surface area contributed by atoms with Crippen LogP contribution in [-0.4, -0.2) is 56.8 Å². The Morgan fingerprint density at radius 2 is 2.04 bits per heavy atom. The molecule has 5 nitrogen and oxygen atoms in total. The molecule has 1 fully saturated rings. The van der Waals surface area contributed by atoms with Gasteiger partial charge in [0, 0.05) is 39.4 Å². The van der Waals surface area contributed by atoms with Crippen LogP contribution in [0, 0.1) is 0 Å². The van der Waals surface area contributed by atoms with E-state index in [0.717, 1.165) is 51.6 Å². The zero-order chi connectivity index (χ0) is 18.5. The Balaban J connectivity index is 1.77. The fraction of sp³-hybridized carbons (Fsp3) is 0.667. The number of guanidine groups is 1. The van der Waals surface area contributed by atoms with Crippen molar-refractivity contribution in [3.05, 3.63) is 35.9 Å². The Kier molecular flexibility index (Phi) is 10.1. The summed E-state index contributed by atoms with van der Waals surface area (Å²) in [5.74, 6) is 0.950. The smallest absolute Gasteiger partial charge is 0.191 e. The summed E-state index contributed by atoms with van der Waals surface area (Å²) in [6.45, 7) is 7.91. The summed E-state index contributed by atoms with van der Waals surface area (Å²) in [6, 6.07) is 11.3. The molecule has 0 aromatic heterocycles. The monoisotopic (exact) mass is 360 g/mol. The molecule has 1 aliphatic heterocycles. The van der Waals surface area contributed by atoms with Gasteiger partial charge in [0.1, 0.15) is 0 Å². The maximum Gasteiger partial charge on any atom is 0.191 e. The molecule has 146 valence electrons. The molecule has 1 saturated heterocycles. The number of nitrogens with one attached hydrogen (secondary N) is 2. The van der Waals surface area contributed by atoms with E-state index < -0.39 is 0 Å². The predicted molar refractivity (Wildman–Crippen MR) is 110 cm³/mol. The third-order valence-corrected chi connectivity index (χ3v) is 4.85. The summed E-state index contributed by atoms with van der Waals surface area (Å²) in [5.41, 5.74) is 1.39. The van der Waals surface area contributed by atoms with Gasteiger partial charge in [-0.1, -0.05) is 30.3 Å². The Morgan fingerprint density at radius 3 is 2.81 bits per heavy atom. The molecule has 0 spiro atoms. The Bertz CT molecular complexity index is 506. The van der Waals surface area contributed by atoms with E-state index in [1.807, 2.05) is 0 Å². The number of hydrogen-bond acceptors (Lipinski definition) is 3. The Morgan fingerprint density at radius 1 is 1.19 bits per heavy atom. The molecule has 0 bridgehead atoms. The van der Waals surface area contributed by atoms with Crippen molar-refractivity contribution in [1.29, 1.82) is 0 Å². The van der Waals surface area contributed by atoms with Crippen LogP contribution in [0.4, 0.5) is 0 Å². The lowest BCUT2D eigenvalue weighted by Crippen LogP contribution is -2.39. The topological polar surface area (TPSA) is 48.9 Å². The first-order chi connectivity index (χ1) is 12.8. The zero-order valence-corrected chi connectivity index (χ0v) is 16.5. The maximum absolute atomic E-state index is 5.10. The van der Waals surface area contributed by atoms with Crippen LogP contribution in [0.25, 0.3) is 0 Å². The molecule has 1 aromatic carbocycles. The Labute approximate surface area is 159 Å². The molecule has 1 heterocycles. The molecule has 2 N–H and O–H groups in total. The van der Waals surface area contributed by atoms with Crippen LogP contribution in [0.5, 0.6) is 0 Å². The van der Waals surface area contributed by atoms with E-state index in [4.69, 9.17) is 9.73 Å². The molecule has 2 rings (SSSR count).